The van der Waals surface area contributed by atoms with Crippen LogP contribution in [0.5, 0.6) is 5.88 Å². The maximum Gasteiger partial charge on any atom is 0.213 e. The van der Waals surface area contributed by atoms with E-state index < -0.39 is 0 Å². The highest BCUT2D eigenvalue weighted by atomic mass is 32.1. The molecule has 1 aliphatic rings. The van der Waals surface area contributed by atoms with Crippen molar-refractivity contribution in [3.63, 3.8) is 0 Å². The van der Waals surface area contributed by atoms with Crippen molar-refractivity contribution in [1.82, 2.24) is 14.8 Å². The van der Waals surface area contributed by atoms with E-state index in [9.17, 15) is 0 Å². The first-order chi connectivity index (χ1) is 9.17. The average molecular weight is 280 g/mol. The second-order valence-electron chi connectivity index (χ2n) is 4.69. The third kappa shape index (κ3) is 4.41. The van der Waals surface area contributed by atoms with Crippen molar-refractivity contribution in [2.24, 2.45) is 5.73 Å². The maximum absolute atomic E-state index is 5.57. The summed E-state index contributed by atoms with van der Waals surface area (Å²) >= 11 is 4.94. The maximum atomic E-state index is 5.57. The molecule has 1 aromatic heterocycles. The largest absolute Gasteiger partial charge is 0.481 e. The molecule has 1 aromatic rings. The Balaban J connectivity index is 1.83. The lowest BCUT2D eigenvalue weighted by Crippen LogP contribution is -2.48. The van der Waals surface area contributed by atoms with Gasteiger partial charge in [0, 0.05) is 45.3 Å². The van der Waals surface area contributed by atoms with Crippen LogP contribution in [-0.2, 0) is 6.54 Å². The normalized spacial score (nSPS) is 17.3. The number of methoxy groups -OCH3 is 1. The number of aromatic nitrogens is 1. The van der Waals surface area contributed by atoms with Gasteiger partial charge in [-0.2, -0.15) is 0 Å². The van der Waals surface area contributed by atoms with E-state index in [1.807, 2.05) is 18.2 Å². The molecule has 1 saturated heterocycles. The molecule has 1 fully saturated rings. The minimum atomic E-state index is 0.572. The monoisotopic (exact) mass is 280 g/mol. The lowest BCUT2D eigenvalue weighted by molar-refractivity contribution is 0.139. The van der Waals surface area contributed by atoms with Gasteiger partial charge in [-0.05, 0) is 6.07 Å². The van der Waals surface area contributed by atoms with Gasteiger partial charge >= 0.3 is 0 Å². The lowest BCUT2D eigenvalue weighted by atomic mass is 10.2. The Labute approximate surface area is 119 Å². The van der Waals surface area contributed by atoms with Crippen LogP contribution in [0.3, 0.4) is 0 Å². The minimum absolute atomic E-state index is 0.572. The fourth-order valence-corrected chi connectivity index (χ4v) is 2.40. The fourth-order valence-electron chi connectivity index (χ4n) is 2.21. The molecule has 2 heterocycles. The van der Waals surface area contributed by atoms with E-state index in [4.69, 9.17) is 22.7 Å². The van der Waals surface area contributed by atoms with E-state index in [2.05, 4.69) is 14.8 Å². The average Bonchev–Trinajstić information content (AvgIpc) is 2.41. The van der Waals surface area contributed by atoms with E-state index >= 15 is 0 Å². The molecule has 0 aromatic carbocycles. The number of piperazine rings is 1. The van der Waals surface area contributed by atoms with Crippen LogP contribution in [0.15, 0.2) is 18.2 Å². The molecule has 0 unspecified atom stereocenters. The molecule has 104 valence electrons. The molecule has 2 N–H and O–H groups in total. The number of hydrogen-bond donors (Lipinski definition) is 1. The van der Waals surface area contributed by atoms with E-state index in [0.717, 1.165) is 45.0 Å². The van der Waals surface area contributed by atoms with Gasteiger partial charge in [0.1, 0.15) is 0 Å². The topological polar surface area (TPSA) is 54.6 Å². The van der Waals surface area contributed by atoms with Crippen molar-refractivity contribution in [1.29, 1.82) is 0 Å². The van der Waals surface area contributed by atoms with Crippen LogP contribution in [-0.4, -0.2) is 59.6 Å². The Kier molecular flexibility index (Phi) is 5.07. The summed E-state index contributed by atoms with van der Waals surface area (Å²) in [4.78, 5) is 9.68. The predicted molar refractivity (Wildman–Crippen MR) is 79.3 cm³/mol. The Morgan fingerprint density at radius 1 is 1.32 bits per heavy atom. The predicted octanol–water partition coefficient (Wildman–Crippen LogP) is 0.494. The van der Waals surface area contributed by atoms with Crippen LogP contribution in [0.4, 0.5) is 0 Å². The summed E-state index contributed by atoms with van der Waals surface area (Å²) in [5.41, 5.74) is 6.61. The molecule has 0 bridgehead atoms. The fraction of sp³-hybridized carbons (Fsp3) is 0.538. The van der Waals surface area contributed by atoms with Crippen molar-refractivity contribution in [2.45, 2.75) is 6.54 Å². The first kappa shape index (κ1) is 14.2. The summed E-state index contributed by atoms with van der Waals surface area (Å²) in [6.07, 6.45) is 0. The van der Waals surface area contributed by atoms with Crippen LogP contribution in [0.2, 0.25) is 0 Å². The summed E-state index contributed by atoms with van der Waals surface area (Å²) in [5, 5.41) is 0. The lowest BCUT2D eigenvalue weighted by Gasteiger charge is -2.34. The van der Waals surface area contributed by atoms with Crippen LogP contribution < -0.4 is 10.5 Å². The molecule has 6 heteroatoms. The zero-order valence-electron chi connectivity index (χ0n) is 11.2. The summed E-state index contributed by atoms with van der Waals surface area (Å²) in [6, 6.07) is 5.87. The SMILES string of the molecule is COc1cccc(CN2CCN(CC(N)=S)CC2)n1. The number of nitrogens with zero attached hydrogens (tertiary/aromatic N) is 3. The quantitative estimate of drug-likeness (QED) is 0.793. The van der Waals surface area contributed by atoms with Gasteiger partial charge in [-0.1, -0.05) is 18.3 Å². The van der Waals surface area contributed by atoms with Gasteiger partial charge in [0.2, 0.25) is 5.88 Å². The minimum Gasteiger partial charge on any atom is -0.481 e. The van der Waals surface area contributed by atoms with Crippen molar-refractivity contribution < 1.29 is 4.74 Å². The molecular formula is C13H20N4OS. The van der Waals surface area contributed by atoms with Crippen LogP contribution in [0.25, 0.3) is 0 Å². The molecule has 0 amide bonds. The summed E-state index contributed by atoms with van der Waals surface area (Å²) < 4.78 is 5.14. The molecule has 0 atom stereocenters. The molecule has 0 saturated carbocycles. The van der Waals surface area contributed by atoms with E-state index in [1.165, 1.54) is 0 Å². The van der Waals surface area contributed by atoms with Gasteiger partial charge in [0.15, 0.2) is 0 Å². The molecule has 5 nitrogen and oxygen atoms in total. The van der Waals surface area contributed by atoms with E-state index in [1.54, 1.807) is 7.11 Å². The number of ether oxygens (including phenoxy) is 1. The molecule has 0 spiro atoms. The van der Waals surface area contributed by atoms with Crippen molar-refractivity contribution in [3.05, 3.63) is 23.9 Å². The van der Waals surface area contributed by atoms with Crippen molar-refractivity contribution in [3.8, 4) is 5.88 Å². The van der Waals surface area contributed by atoms with Crippen LogP contribution >= 0.6 is 12.2 Å². The van der Waals surface area contributed by atoms with Gasteiger partial charge in [0.25, 0.3) is 0 Å². The molecular weight excluding hydrogens is 260 g/mol. The van der Waals surface area contributed by atoms with E-state index in [-0.39, 0.29) is 0 Å². The standard InChI is InChI=1S/C13H20N4OS/c1-18-13-4-2-3-11(15-13)9-16-5-7-17(8-6-16)10-12(14)19/h2-4H,5-10H2,1H3,(H2,14,19). The number of nitrogens with two attached hydrogens (primary N) is 1. The Morgan fingerprint density at radius 2 is 2.00 bits per heavy atom. The molecule has 0 radical (unpaired) electrons. The first-order valence-corrected chi connectivity index (χ1v) is 6.81. The first-order valence-electron chi connectivity index (χ1n) is 6.40. The molecule has 1 aliphatic heterocycles. The van der Waals surface area contributed by atoms with Gasteiger partial charge in [-0.3, -0.25) is 9.80 Å². The summed E-state index contributed by atoms with van der Waals surface area (Å²) in [7, 11) is 1.64. The summed E-state index contributed by atoms with van der Waals surface area (Å²) in [5.74, 6) is 0.671. The third-order valence-corrected chi connectivity index (χ3v) is 3.35. The van der Waals surface area contributed by atoms with Gasteiger partial charge in [0.05, 0.1) is 17.8 Å². The second-order valence-corrected chi connectivity index (χ2v) is 5.21. The number of thiocarbonyl (C=S) groups is 1. The molecule has 2 rings (SSSR count). The highest BCUT2D eigenvalue weighted by molar-refractivity contribution is 7.80. The number of rotatable bonds is 5. The van der Waals surface area contributed by atoms with E-state index in [0.29, 0.717) is 10.9 Å². The van der Waals surface area contributed by atoms with Crippen molar-refractivity contribution in [2.75, 3.05) is 39.8 Å². The van der Waals surface area contributed by atoms with Gasteiger partial charge < -0.3 is 10.5 Å². The Bertz CT molecular complexity index is 432. The third-order valence-electron chi connectivity index (χ3n) is 3.22. The van der Waals surface area contributed by atoms with Crippen molar-refractivity contribution >= 4 is 17.2 Å². The number of pyridine rings is 1. The highest BCUT2D eigenvalue weighted by Gasteiger charge is 2.17. The summed E-state index contributed by atoms with van der Waals surface area (Å²) in [6.45, 7) is 5.62. The van der Waals surface area contributed by atoms with Crippen LogP contribution in [0, 0.1) is 0 Å². The van der Waals surface area contributed by atoms with Gasteiger partial charge in [-0.15, -0.1) is 0 Å². The van der Waals surface area contributed by atoms with Crippen LogP contribution in [0.1, 0.15) is 5.69 Å². The molecule has 0 aliphatic carbocycles. The molecule has 19 heavy (non-hydrogen) atoms. The zero-order chi connectivity index (χ0) is 13.7. The Hall–Kier alpha value is -1.24. The zero-order valence-corrected chi connectivity index (χ0v) is 12.0. The van der Waals surface area contributed by atoms with Gasteiger partial charge in [-0.25, -0.2) is 4.98 Å². The highest BCUT2D eigenvalue weighted by Crippen LogP contribution is 2.10. The second kappa shape index (κ2) is 6.79. The smallest absolute Gasteiger partial charge is 0.213 e. The Morgan fingerprint density at radius 3 is 2.63 bits per heavy atom. The number of hydrogen-bond acceptors (Lipinski definition) is 5.